The summed E-state index contributed by atoms with van der Waals surface area (Å²) in [5, 5.41) is 3.02. The Balaban J connectivity index is 3.22. The molecule has 1 aromatic rings. The number of nitrogens with one attached hydrogen (secondary N) is 1. The molecule has 128 valence electrons. The molecule has 0 bridgehead atoms. The molecule has 1 rings (SSSR count). The Morgan fingerprint density at radius 2 is 1.83 bits per heavy atom. The molecule has 0 saturated heterocycles. The van der Waals surface area contributed by atoms with Crippen molar-refractivity contribution in [1.29, 1.82) is 0 Å². The van der Waals surface area contributed by atoms with Gasteiger partial charge in [-0.1, -0.05) is 6.92 Å². The molecule has 1 aromatic heterocycles. The molecule has 0 aliphatic carbocycles. The highest BCUT2D eigenvalue weighted by Gasteiger charge is 2.27. The minimum atomic E-state index is -0.559. The van der Waals surface area contributed by atoms with Gasteiger partial charge < -0.3 is 14.8 Å². The monoisotopic (exact) mass is 341 g/mol. The normalized spacial score (nSPS) is 10.5. The maximum Gasteiger partial charge on any atom is 0.348 e. The standard InChI is InChI=1S/C16H23NO5S/c1-6-8-11(18)17-14-12(15(19)21-7-2)10(5)13(23-14)16(20)22-9(3)4/h9H,6-8H2,1-5H3,(H,17,18). The highest BCUT2D eigenvalue weighted by molar-refractivity contribution is 7.18. The van der Waals surface area contributed by atoms with E-state index in [4.69, 9.17) is 9.47 Å². The first-order chi connectivity index (χ1) is 10.8. The number of rotatable bonds is 7. The fourth-order valence-corrected chi connectivity index (χ4v) is 3.02. The Hall–Kier alpha value is -1.89. The summed E-state index contributed by atoms with van der Waals surface area (Å²) in [4.78, 5) is 36.5. The second-order valence-electron chi connectivity index (χ2n) is 5.23. The summed E-state index contributed by atoms with van der Waals surface area (Å²) >= 11 is 1.04. The van der Waals surface area contributed by atoms with E-state index >= 15 is 0 Å². The number of amides is 1. The van der Waals surface area contributed by atoms with Crippen molar-refractivity contribution in [2.75, 3.05) is 11.9 Å². The summed E-state index contributed by atoms with van der Waals surface area (Å²) < 4.78 is 10.2. The van der Waals surface area contributed by atoms with Crippen molar-refractivity contribution in [2.24, 2.45) is 0 Å². The van der Waals surface area contributed by atoms with Gasteiger partial charge in [0, 0.05) is 6.42 Å². The summed E-state index contributed by atoms with van der Waals surface area (Å²) in [6, 6.07) is 0. The summed E-state index contributed by atoms with van der Waals surface area (Å²) in [7, 11) is 0. The van der Waals surface area contributed by atoms with Crippen LogP contribution in [0, 0.1) is 6.92 Å². The minimum absolute atomic E-state index is 0.205. The molecule has 0 spiro atoms. The number of hydrogen-bond acceptors (Lipinski definition) is 6. The van der Waals surface area contributed by atoms with Crippen LogP contribution in [0.3, 0.4) is 0 Å². The molecule has 0 radical (unpaired) electrons. The van der Waals surface area contributed by atoms with E-state index in [1.165, 1.54) is 0 Å². The quantitative estimate of drug-likeness (QED) is 0.767. The molecule has 0 unspecified atom stereocenters. The Morgan fingerprint density at radius 3 is 2.35 bits per heavy atom. The Kier molecular flexibility index (Phi) is 7.22. The number of carbonyl (C=O) groups excluding carboxylic acids is 3. The lowest BCUT2D eigenvalue weighted by Gasteiger charge is -2.07. The lowest BCUT2D eigenvalue weighted by molar-refractivity contribution is -0.116. The summed E-state index contributed by atoms with van der Waals surface area (Å²) in [5.41, 5.74) is 0.683. The maximum absolute atomic E-state index is 12.2. The van der Waals surface area contributed by atoms with Crippen LogP contribution in [0.1, 0.15) is 66.1 Å². The third-order valence-electron chi connectivity index (χ3n) is 2.88. The molecule has 1 amide bonds. The SMILES string of the molecule is CCCC(=O)Nc1sc(C(=O)OC(C)C)c(C)c1C(=O)OCC. The number of thiophene rings is 1. The fraction of sp³-hybridized carbons (Fsp3) is 0.562. The van der Waals surface area contributed by atoms with Crippen LogP contribution in [-0.4, -0.2) is 30.6 Å². The smallest absolute Gasteiger partial charge is 0.348 e. The van der Waals surface area contributed by atoms with E-state index in [1.807, 2.05) is 6.92 Å². The van der Waals surface area contributed by atoms with E-state index in [0.29, 0.717) is 28.3 Å². The van der Waals surface area contributed by atoms with Crippen LogP contribution in [-0.2, 0) is 14.3 Å². The zero-order chi connectivity index (χ0) is 17.6. The highest BCUT2D eigenvalue weighted by Crippen LogP contribution is 2.34. The predicted octanol–water partition coefficient (Wildman–Crippen LogP) is 3.54. The Labute approximate surface area is 140 Å². The minimum Gasteiger partial charge on any atom is -0.462 e. The van der Waals surface area contributed by atoms with Crippen molar-refractivity contribution in [3.8, 4) is 0 Å². The lowest BCUT2D eigenvalue weighted by Crippen LogP contribution is -2.14. The topological polar surface area (TPSA) is 81.7 Å². The van der Waals surface area contributed by atoms with Crippen LogP contribution >= 0.6 is 11.3 Å². The van der Waals surface area contributed by atoms with Crippen molar-refractivity contribution in [3.63, 3.8) is 0 Å². The largest absolute Gasteiger partial charge is 0.462 e. The van der Waals surface area contributed by atoms with Crippen LogP contribution in [0.25, 0.3) is 0 Å². The third kappa shape index (κ3) is 5.06. The highest BCUT2D eigenvalue weighted by atomic mass is 32.1. The number of esters is 2. The zero-order valence-corrected chi connectivity index (χ0v) is 15.0. The van der Waals surface area contributed by atoms with Gasteiger partial charge in [-0.3, -0.25) is 4.79 Å². The molecular weight excluding hydrogens is 318 g/mol. The third-order valence-corrected chi connectivity index (χ3v) is 4.07. The van der Waals surface area contributed by atoms with Crippen molar-refractivity contribution < 1.29 is 23.9 Å². The van der Waals surface area contributed by atoms with Gasteiger partial charge in [0.15, 0.2) is 0 Å². The van der Waals surface area contributed by atoms with Gasteiger partial charge in [-0.05, 0) is 39.7 Å². The molecule has 6 nitrogen and oxygen atoms in total. The van der Waals surface area contributed by atoms with Gasteiger partial charge in [-0.25, -0.2) is 9.59 Å². The first-order valence-electron chi connectivity index (χ1n) is 7.63. The fourth-order valence-electron chi connectivity index (χ4n) is 1.93. The van der Waals surface area contributed by atoms with Gasteiger partial charge in [0.1, 0.15) is 9.88 Å². The molecular formula is C16H23NO5S. The van der Waals surface area contributed by atoms with E-state index in [-0.39, 0.29) is 24.2 Å². The average Bonchev–Trinajstić information content (AvgIpc) is 2.75. The second kappa shape index (κ2) is 8.67. The van der Waals surface area contributed by atoms with Crippen molar-refractivity contribution in [3.05, 3.63) is 16.0 Å². The van der Waals surface area contributed by atoms with E-state index in [9.17, 15) is 14.4 Å². The Morgan fingerprint density at radius 1 is 1.17 bits per heavy atom. The number of anilines is 1. The molecule has 1 heterocycles. The van der Waals surface area contributed by atoms with E-state index < -0.39 is 11.9 Å². The molecule has 0 atom stereocenters. The molecule has 7 heteroatoms. The molecule has 0 aromatic carbocycles. The van der Waals surface area contributed by atoms with Gasteiger partial charge in [0.05, 0.1) is 18.3 Å². The lowest BCUT2D eigenvalue weighted by atomic mass is 10.1. The molecule has 0 fully saturated rings. The predicted molar refractivity (Wildman–Crippen MR) is 89.1 cm³/mol. The van der Waals surface area contributed by atoms with E-state index in [2.05, 4.69) is 5.32 Å². The van der Waals surface area contributed by atoms with Gasteiger partial charge in [-0.2, -0.15) is 0 Å². The van der Waals surface area contributed by atoms with Gasteiger partial charge in [-0.15, -0.1) is 11.3 Å². The van der Waals surface area contributed by atoms with Crippen LogP contribution < -0.4 is 5.32 Å². The second-order valence-corrected chi connectivity index (χ2v) is 6.25. The van der Waals surface area contributed by atoms with E-state index in [1.54, 1.807) is 27.7 Å². The van der Waals surface area contributed by atoms with Crippen molar-refractivity contribution in [2.45, 2.75) is 53.6 Å². The number of carbonyl (C=O) groups is 3. The van der Waals surface area contributed by atoms with Gasteiger partial charge in [0.2, 0.25) is 5.91 Å². The van der Waals surface area contributed by atoms with Gasteiger partial charge in [0.25, 0.3) is 0 Å². The maximum atomic E-state index is 12.2. The summed E-state index contributed by atoms with van der Waals surface area (Å²) in [6.45, 7) is 8.94. The molecule has 0 saturated carbocycles. The Bertz CT molecular complexity index is 592. The van der Waals surface area contributed by atoms with Crippen molar-refractivity contribution in [1.82, 2.24) is 0 Å². The van der Waals surface area contributed by atoms with Crippen LogP contribution in [0.4, 0.5) is 5.00 Å². The zero-order valence-electron chi connectivity index (χ0n) is 14.1. The average molecular weight is 341 g/mol. The van der Waals surface area contributed by atoms with Gasteiger partial charge >= 0.3 is 11.9 Å². The van der Waals surface area contributed by atoms with Crippen LogP contribution in [0.5, 0.6) is 0 Å². The molecule has 1 N–H and O–H groups in total. The van der Waals surface area contributed by atoms with Crippen LogP contribution in [0.15, 0.2) is 0 Å². The molecule has 0 aliphatic heterocycles. The molecule has 0 aliphatic rings. The first-order valence-corrected chi connectivity index (χ1v) is 8.44. The molecule has 23 heavy (non-hydrogen) atoms. The number of hydrogen-bond donors (Lipinski definition) is 1. The number of ether oxygens (including phenoxy) is 2. The van der Waals surface area contributed by atoms with E-state index in [0.717, 1.165) is 11.3 Å². The summed E-state index contributed by atoms with van der Waals surface area (Å²) in [5.74, 6) is -1.27. The van der Waals surface area contributed by atoms with Crippen LogP contribution in [0.2, 0.25) is 0 Å². The van der Waals surface area contributed by atoms with Crippen molar-refractivity contribution >= 4 is 34.2 Å². The summed E-state index contributed by atoms with van der Waals surface area (Å²) in [6.07, 6.45) is 0.756. The first kappa shape index (κ1) is 19.2.